The van der Waals surface area contributed by atoms with Crippen molar-refractivity contribution >= 4 is 15.8 Å². The molecule has 0 aromatic carbocycles. The van der Waals surface area contributed by atoms with E-state index in [-0.39, 0.29) is 23.9 Å². The van der Waals surface area contributed by atoms with Crippen LogP contribution in [0.3, 0.4) is 0 Å². The van der Waals surface area contributed by atoms with Gasteiger partial charge in [0, 0.05) is 18.3 Å². The first-order chi connectivity index (χ1) is 8.82. The molecule has 0 radical (unpaired) electrons. The highest BCUT2D eigenvalue weighted by Gasteiger charge is 2.44. The SMILES string of the molecule is CN(C1COCC1C(=O)O)C1CCCC1S(C)(=O)=O. The minimum Gasteiger partial charge on any atom is -0.481 e. The van der Waals surface area contributed by atoms with Crippen LogP contribution in [0.4, 0.5) is 0 Å². The Labute approximate surface area is 113 Å². The van der Waals surface area contributed by atoms with E-state index < -0.39 is 21.7 Å². The number of ether oxygens (including phenoxy) is 1. The standard InChI is InChI=1S/C12H21NO5S/c1-13(10-7-18-6-8(10)12(14)15)9-4-3-5-11(9)19(2,16)17/h8-11H,3-7H2,1-2H3,(H,14,15). The minimum absolute atomic E-state index is 0.0939. The molecule has 1 heterocycles. The molecule has 0 aromatic heterocycles. The molecule has 1 saturated heterocycles. The van der Waals surface area contributed by atoms with Gasteiger partial charge in [-0.3, -0.25) is 9.69 Å². The summed E-state index contributed by atoms with van der Waals surface area (Å²) in [7, 11) is -1.27. The van der Waals surface area contributed by atoms with E-state index in [2.05, 4.69) is 0 Å². The van der Waals surface area contributed by atoms with Crippen molar-refractivity contribution < 1.29 is 23.1 Å². The average molecular weight is 291 g/mol. The Balaban J connectivity index is 2.15. The van der Waals surface area contributed by atoms with Crippen LogP contribution in [0.2, 0.25) is 0 Å². The summed E-state index contributed by atoms with van der Waals surface area (Å²) in [4.78, 5) is 13.1. The summed E-state index contributed by atoms with van der Waals surface area (Å²) in [5.74, 6) is -1.44. The van der Waals surface area contributed by atoms with Crippen LogP contribution in [0.15, 0.2) is 0 Å². The van der Waals surface area contributed by atoms with Crippen molar-refractivity contribution in [2.75, 3.05) is 26.5 Å². The highest BCUT2D eigenvalue weighted by atomic mass is 32.2. The van der Waals surface area contributed by atoms with Gasteiger partial charge in [-0.05, 0) is 19.9 Å². The molecule has 0 spiro atoms. The van der Waals surface area contributed by atoms with Gasteiger partial charge in [0.1, 0.15) is 0 Å². The van der Waals surface area contributed by atoms with E-state index in [4.69, 9.17) is 4.74 Å². The van der Waals surface area contributed by atoms with Crippen LogP contribution in [0, 0.1) is 5.92 Å². The van der Waals surface area contributed by atoms with E-state index >= 15 is 0 Å². The number of carbonyl (C=O) groups is 1. The van der Waals surface area contributed by atoms with Crippen LogP contribution in [-0.2, 0) is 19.4 Å². The van der Waals surface area contributed by atoms with Crippen LogP contribution in [0.5, 0.6) is 0 Å². The molecule has 2 rings (SSSR count). The molecular formula is C12H21NO5S. The third kappa shape index (κ3) is 2.93. The third-order valence-corrected chi connectivity index (χ3v) is 6.03. The number of hydrogen-bond acceptors (Lipinski definition) is 5. The molecule has 19 heavy (non-hydrogen) atoms. The molecule has 1 aliphatic heterocycles. The lowest BCUT2D eigenvalue weighted by Gasteiger charge is -2.34. The monoisotopic (exact) mass is 291 g/mol. The second-order valence-corrected chi connectivity index (χ2v) is 7.85. The van der Waals surface area contributed by atoms with Crippen molar-refractivity contribution in [2.45, 2.75) is 36.6 Å². The van der Waals surface area contributed by atoms with E-state index in [9.17, 15) is 18.3 Å². The van der Waals surface area contributed by atoms with E-state index in [0.717, 1.165) is 12.8 Å². The Morgan fingerprint density at radius 2 is 1.95 bits per heavy atom. The van der Waals surface area contributed by atoms with Crippen molar-refractivity contribution in [3.63, 3.8) is 0 Å². The fourth-order valence-corrected chi connectivity index (χ4v) is 4.79. The second kappa shape index (κ2) is 5.38. The first-order valence-electron chi connectivity index (χ1n) is 6.53. The zero-order valence-corrected chi connectivity index (χ0v) is 12.1. The van der Waals surface area contributed by atoms with Crippen LogP contribution in [0.25, 0.3) is 0 Å². The number of rotatable bonds is 4. The maximum absolute atomic E-state index is 11.8. The zero-order chi connectivity index (χ0) is 14.2. The Hall–Kier alpha value is -0.660. The molecule has 110 valence electrons. The number of aliphatic carboxylic acids is 1. The van der Waals surface area contributed by atoms with Crippen molar-refractivity contribution in [1.29, 1.82) is 0 Å². The lowest BCUT2D eigenvalue weighted by Crippen LogP contribution is -2.50. The highest BCUT2D eigenvalue weighted by molar-refractivity contribution is 7.91. The topological polar surface area (TPSA) is 83.9 Å². The third-order valence-electron chi connectivity index (χ3n) is 4.38. The molecule has 0 aromatic rings. The Kier molecular flexibility index (Phi) is 4.17. The molecule has 1 N–H and O–H groups in total. The van der Waals surface area contributed by atoms with E-state index in [1.165, 1.54) is 6.26 Å². The number of nitrogens with zero attached hydrogens (tertiary/aromatic N) is 1. The maximum atomic E-state index is 11.8. The van der Waals surface area contributed by atoms with Crippen LogP contribution in [-0.4, -0.2) is 68.2 Å². The van der Waals surface area contributed by atoms with Gasteiger partial charge < -0.3 is 9.84 Å². The molecule has 2 fully saturated rings. The predicted molar refractivity (Wildman–Crippen MR) is 69.8 cm³/mol. The lowest BCUT2D eigenvalue weighted by molar-refractivity contribution is -0.143. The van der Waals surface area contributed by atoms with Gasteiger partial charge in [-0.15, -0.1) is 0 Å². The van der Waals surface area contributed by atoms with Crippen molar-refractivity contribution in [1.82, 2.24) is 4.90 Å². The van der Waals surface area contributed by atoms with Gasteiger partial charge >= 0.3 is 5.97 Å². The smallest absolute Gasteiger partial charge is 0.310 e. The Morgan fingerprint density at radius 1 is 1.26 bits per heavy atom. The van der Waals surface area contributed by atoms with Gasteiger partial charge in [0.15, 0.2) is 9.84 Å². The summed E-state index contributed by atoms with van der Waals surface area (Å²) in [5.41, 5.74) is 0. The molecule has 1 aliphatic carbocycles. The summed E-state index contributed by atoms with van der Waals surface area (Å²) in [6.45, 7) is 0.570. The minimum atomic E-state index is -3.09. The highest BCUT2D eigenvalue weighted by Crippen LogP contribution is 2.32. The van der Waals surface area contributed by atoms with E-state index in [1.807, 2.05) is 11.9 Å². The number of hydrogen-bond donors (Lipinski definition) is 1. The molecule has 0 bridgehead atoms. The summed E-state index contributed by atoms with van der Waals surface area (Å²) < 4.78 is 28.9. The van der Waals surface area contributed by atoms with Crippen molar-refractivity contribution in [3.05, 3.63) is 0 Å². The summed E-state index contributed by atoms with van der Waals surface area (Å²) >= 11 is 0. The Morgan fingerprint density at radius 3 is 2.53 bits per heavy atom. The molecule has 7 heteroatoms. The van der Waals surface area contributed by atoms with Crippen LogP contribution in [0.1, 0.15) is 19.3 Å². The predicted octanol–water partition coefficient (Wildman–Crippen LogP) is -0.0165. The molecule has 6 nitrogen and oxygen atoms in total. The van der Waals surface area contributed by atoms with Gasteiger partial charge in [0.05, 0.1) is 24.4 Å². The molecule has 4 atom stereocenters. The molecule has 1 saturated carbocycles. The first kappa shape index (κ1) is 14.7. The maximum Gasteiger partial charge on any atom is 0.310 e. The van der Waals surface area contributed by atoms with Gasteiger partial charge in [0.25, 0.3) is 0 Å². The van der Waals surface area contributed by atoms with Crippen LogP contribution < -0.4 is 0 Å². The lowest BCUT2D eigenvalue weighted by atomic mass is 10.0. The number of sulfone groups is 1. The summed E-state index contributed by atoms with van der Waals surface area (Å²) in [6.07, 6.45) is 3.61. The fraction of sp³-hybridized carbons (Fsp3) is 0.917. The normalized spacial score (nSPS) is 35.9. The number of likely N-dealkylation sites (N-methyl/N-ethyl adjacent to an activating group) is 1. The van der Waals surface area contributed by atoms with Crippen LogP contribution >= 0.6 is 0 Å². The first-order valence-corrected chi connectivity index (χ1v) is 8.49. The second-order valence-electron chi connectivity index (χ2n) is 5.58. The van der Waals surface area contributed by atoms with Gasteiger partial charge in [-0.2, -0.15) is 0 Å². The number of carboxylic acid groups (broad SMARTS) is 1. The molecule has 0 amide bonds. The largest absolute Gasteiger partial charge is 0.481 e. The van der Waals surface area contributed by atoms with Crippen molar-refractivity contribution in [2.24, 2.45) is 5.92 Å². The molecular weight excluding hydrogens is 270 g/mol. The summed E-state index contributed by atoms with van der Waals surface area (Å²) in [6, 6.07) is -0.326. The van der Waals surface area contributed by atoms with Crippen molar-refractivity contribution in [3.8, 4) is 0 Å². The van der Waals surface area contributed by atoms with E-state index in [1.54, 1.807) is 0 Å². The van der Waals surface area contributed by atoms with E-state index in [0.29, 0.717) is 13.0 Å². The number of carboxylic acids is 1. The average Bonchev–Trinajstić information content (AvgIpc) is 2.96. The Bertz CT molecular complexity index is 449. The zero-order valence-electron chi connectivity index (χ0n) is 11.3. The summed E-state index contributed by atoms with van der Waals surface area (Å²) in [5, 5.41) is 8.79. The fourth-order valence-electron chi connectivity index (χ4n) is 3.30. The quantitative estimate of drug-likeness (QED) is 0.784. The van der Waals surface area contributed by atoms with Gasteiger partial charge in [-0.1, -0.05) is 6.42 Å². The molecule has 2 aliphatic rings. The van der Waals surface area contributed by atoms with Gasteiger partial charge in [0.2, 0.25) is 0 Å². The van der Waals surface area contributed by atoms with Gasteiger partial charge in [-0.25, -0.2) is 8.42 Å². The molecule has 4 unspecified atom stereocenters.